The molecule has 0 aromatic rings. The molecule has 0 bridgehead atoms. The van der Waals surface area contributed by atoms with Gasteiger partial charge in [0.05, 0.1) is 0 Å². The molecule has 0 saturated carbocycles. The van der Waals surface area contributed by atoms with E-state index in [0.29, 0.717) is 0 Å². The normalized spacial score (nSPS) is 29.3. The van der Waals surface area contributed by atoms with E-state index < -0.39 is 0 Å². The first-order valence-corrected chi connectivity index (χ1v) is 5.36. The monoisotopic (exact) mass is 184 g/mol. The second kappa shape index (κ2) is 4.37. The number of rotatable bonds is 1. The summed E-state index contributed by atoms with van der Waals surface area (Å²) in [6.07, 6.45) is 4.14. The molecule has 2 saturated heterocycles. The molecule has 13 heavy (non-hydrogen) atoms. The number of piperidine rings is 1. The quantitative estimate of drug-likeness (QED) is 0.576. The molecule has 0 atom stereocenters. The van der Waals surface area contributed by atoms with E-state index in [1.807, 2.05) is 5.01 Å². The van der Waals surface area contributed by atoms with E-state index in [-0.39, 0.29) is 0 Å². The molecular weight excluding hydrogens is 164 g/mol. The third-order valence-electron chi connectivity index (χ3n) is 3.02. The van der Waals surface area contributed by atoms with Crippen molar-refractivity contribution in [2.75, 3.05) is 39.3 Å². The van der Waals surface area contributed by atoms with Crippen molar-refractivity contribution in [1.29, 1.82) is 0 Å². The van der Waals surface area contributed by atoms with E-state index in [4.69, 9.17) is 5.84 Å². The Hall–Kier alpha value is -0.160. The highest BCUT2D eigenvalue weighted by molar-refractivity contribution is 4.69. The molecule has 76 valence electrons. The van der Waals surface area contributed by atoms with Crippen molar-refractivity contribution in [3.05, 3.63) is 0 Å². The van der Waals surface area contributed by atoms with Gasteiger partial charge in [-0.25, -0.2) is 15.0 Å². The van der Waals surface area contributed by atoms with Gasteiger partial charge in [0.2, 0.25) is 0 Å². The van der Waals surface area contributed by atoms with Crippen LogP contribution in [0.15, 0.2) is 0 Å². The highest BCUT2D eigenvalue weighted by Crippen LogP contribution is 2.12. The van der Waals surface area contributed by atoms with Crippen LogP contribution >= 0.6 is 0 Å². The smallest absolute Gasteiger partial charge is 0.0275 e. The van der Waals surface area contributed by atoms with E-state index >= 15 is 0 Å². The Labute approximate surface area is 80.2 Å². The summed E-state index contributed by atoms with van der Waals surface area (Å²) in [5.74, 6) is 5.71. The molecule has 0 aliphatic carbocycles. The number of piperazine rings is 1. The van der Waals surface area contributed by atoms with Crippen molar-refractivity contribution in [3.8, 4) is 0 Å². The molecule has 0 amide bonds. The lowest BCUT2D eigenvalue weighted by Gasteiger charge is -2.41. The maximum Gasteiger partial charge on any atom is 0.0275 e. The van der Waals surface area contributed by atoms with Gasteiger partial charge in [0.15, 0.2) is 0 Å². The van der Waals surface area contributed by atoms with Crippen molar-refractivity contribution >= 4 is 0 Å². The molecular formula is C9H20N4. The zero-order valence-corrected chi connectivity index (χ0v) is 8.28. The van der Waals surface area contributed by atoms with Gasteiger partial charge in [0.1, 0.15) is 0 Å². The lowest BCUT2D eigenvalue weighted by Crippen LogP contribution is -2.56. The predicted molar refractivity (Wildman–Crippen MR) is 52.8 cm³/mol. The molecule has 2 heterocycles. The van der Waals surface area contributed by atoms with Crippen molar-refractivity contribution < 1.29 is 0 Å². The van der Waals surface area contributed by atoms with Crippen LogP contribution < -0.4 is 5.84 Å². The van der Waals surface area contributed by atoms with Gasteiger partial charge in [0, 0.05) is 39.3 Å². The summed E-state index contributed by atoms with van der Waals surface area (Å²) >= 11 is 0. The Kier molecular flexibility index (Phi) is 3.16. The fraction of sp³-hybridized carbons (Fsp3) is 1.00. The molecule has 4 nitrogen and oxygen atoms in total. The summed E-state index contributed by atoms with van der Waals surface area (Å²) in [6, 6.07) is 0. The Morgan fingerprint density at radius 1 is 0.615 bits per heavy atom. The zero-order chi connectivity index (χ0) is 9.10. The summed E-state index contributed by atoms with van der Waals surface area (Å²) in [7, 11) is 0. The first kappa shape index (κ1) is 9.40. The Bertz CT molecular complexity index is 148. The molecule has 2 rings (SSSR count). The van der Waals surface area contributed by atoms with Crippen LogP contribution in [0, 0.1) is 0 Å². The molecule has 2 N–H and O–H groups in total. The largest absolute Gasteiger partial charge is 0.269 e. The van der Waals surface area contributed by atoms with Crippen LogP contribution in [0.5, 0.6) is 0 Å². The van der Waals surface area contributed by atoms with Crippen LogP contribution in [-0.4, -0.2) is 54.3 Å². The highest BCUT2D eigenvalue weighted by Gasteiger charge is 2.21. The predicted octanol–water partition coefficient (Wildman–Crippen LogP) is -0.121. The fourth-order valence-electron chi connectivity index (χ4n) is 2.15. The van der Waals surface area contributed by atoms with E-state index in [9.17, 15) is 0 Å². The summed E-state index contributed by atoms with van der Waals surface area (Å²) in [5.41, 5.74) is 0. The number of hydrazine groups is 2. The molecule has 2 fully saturated rings. The Balaban J connectivity index is 1.79. The van der Waals surface area contributed by atoms with E-state index in [1.165, 1.54) is 32.4 Å². The summed E-state index contributed by atoms with van der Waals surface area (Å²) < 4.78 is 0. The van der Waals surface area contributed by atoms with Gasteiger partial charge in [-0.2, -0.15) is 0 Å². The lowest BCUT2D eigenvalue weighted by atomic mass is 10.1. The van der Waals surface area contributed by atoms with Crippen molar-refractivity contribution in [2.45, 2.75) is 19.3 Å². The Morgan fingerprint density at radius 3 is 1.77 bits per heavy atom. The van der Waals surface area contributed by atoms with Crippen LogP contribution in [-0.2, 0) is 0 Å². The van der Waals surface area contributed by atoms with Gasteiger partial charge in [-0.05, 0) is 12.8 Å². The summed E-state index contributed by atoms with van der Waals surface area (Å²) in [5, 5.41) is 6.90. The van der Waals surface area contributed by atoms with Crippen LogP contribution in [0.25, 0.3) is 0 Å². The zero-order valence-electron chi connectivity index (χ0n) is 8.28. The minimum atomic E-state index is 1.01. The molecule has 2 aliphatic rings. The van der Waals surface area contributed by atoms with Crippen LogP contribution in [0.3, 0.4) is 0 Å². The number of hydrogen-bond donors (Lipinski definition) is 1. The molecule has 0 radical (unpaired) electrons. The van der Waals surface area contributed by atoms with Gasteiger partial charge in [-0.15, -0.1) is 0 Å². The summed E-state index contributed by atoms with van der Waals surface area (Å²) in [4.78, 5) is 0. The first-order valence-electron chi connectivity index (χ1n) is 5.36. The standard InChI is InChI=1S/C9H20N4/c10-11-6-8-13(9-7-11)12-4-2-1-3-5-12/h1-10H2. The molecule has 2 aliphatic heterocycles. The third kappa shape index (κ3) is 2.40. The van der Waals surface area contributed by atoms with Gasteiger partial charge >= 0.3 is 0 Å². The molecule has 0 aromatic carbocycles. The lowest BCUT2D eigenvalue weighted by molar-refractivity contribution is -0.0683. The maximum absolute atomic E-state index is 5.71. The van der Waals surface area contributed by atoms with Crippen molar-refractivity contribution in [2.24, 2.45) is 5.84 Å². The third-order valence-corrected chi connectivity index (χ3v) is 3.02. The molecule has 0 aromatic heterocycles. The Morgan fingerprint density at radius 2 is 1.15 bits per heavy atom. The molecule has 0 unspecified atom stereocenters. The number of hydrogen-bond acceptors (Lipinski definition) is 4. The van der Waals surface area contributed by atoms with Crippen molar-refractivity contribution in [3.63, 3.8) is 0 Å². The van der Waals surface area contributed by atoms with Gasteiger partial charge in [0.25, 0.3) is 0 Å². The second-order valence-electron chi connectivity index (χ2n) is 4.00. The average Bonchev–Trinajstić information content (AvgIpc) is 2.20. The van der Waals surface area contributed by atoms with Crippen LogP contribution in [0.4, 0.5) is 0 Å². The van der Waals surface area contributed by atoms with Gasteiger partial charge in [-0.1, -0.05) is 6.42 Å². The van der Waals surface area contributed by atoms with E-state index in [0.717, 1.165) is 26.2 Å². The molecule has 0 spiro atoms. The first-order chi connectivity index (χ1) is 6.36. The average molecular weight is 184 g/mol. The van der Waals surface area contributed by atoms with Crippen LogP contribution in [0.1, 0.15) is 19.3 Å². The van der Waals surface area contributed by atoms with Crippen LogP contribution in [0.2, 0.25) is 0 Å². The number of nitrogens with zero attached hydrogens (tertiary/aromatic N) is 3. The second-order valence-corrected chi connectivity index (χ2v) is 4.00. The minimum Gasteiger partial charge on any atom is -0.269 e. The summed E-state index contributed by atoms with van der Waals surface area (Å²) in [6.45, 7) is 6.75. The fourth-order valence-corrected chi connectivity index (χ4v) is 2.15. The van der Waals surface area contributed by atoms with E-state index in [2.05, 4.69) is 10.0 Å². The number of nitrogens with two attached hydrogens (primary N) is 1. The minimum absolute atomic E-state index is 1.01. The SMILES string of the molecule is NN1CCN(N2CCCCC2)CC1. The van der Waals surface area contributed by atoms with E-state index in [1.54, 1.807) is 0 Å². The van der Waals surface area contributed by atoms with Crippen molar-refractivity contribution in [1.82, 2.24) is 15.0 Å². The topological polar surface area (TPSA) is 35.7 Å². The van der Waals surface area contributed by atoms with Gasteiger partial charge < -0.3 is 0 Å². The maximum atomic E-state index is 5.71. The molecule has 4 heteroatoms. The van der Waals surface area contributed by atoms with Gasteiger partial charge in [-0.3, -0.25) is 5.84 Å². The highest BCUT2D eigenvalue weighted by atomic mass is 15.6.